The molecule has 2 aromatic carbocycles. The van der Waals surface area contributed by atoms with E-state index in [1.54, 1.807) is 0 Å². The fourth-order valence-electron chi connectivity index (χ4n) is 6.95. The fourth-order valence-corrected chi connectivity index (χ4v) is 11.6. The molecular weight excluding hydrogens is 382 g/mol. The predicted octanol–water partition coefficient (Wildman–Crippen LogP) is 4.97. The van der Waals surface area contributed by atoms with E-state index in [2.05, 4.69) is 93.4 Å². The Labute approximate surface area is 183 Å². The van der Waals surface area contributed by atoms with Gasteiger partial charge in [0, 0.05) is 23.6 Å². The van der Waals surface area contributed by atoms with Crippen molar-refractivity contribution in [1.29, 1.82) is 0 Å². The molecule has 1 aliphatic heterocycles. The van der Waals surface area contributed by atoms with Gasteiger partial charge in [0.2, 0.25) is 0 Å². The normalized spacial score (nSPS) is 28.1. The van der Waals surface area contributed by atoms with E-state index in [1.807, 2.05) is 0 Å². The van der Waals surface area contributed by atoms with Crippen LogP contribution in [0.1, 0.15) is 59.3 Å². The highest BCUT2D eigenvalue weighted by atomic mass is 28.4. The van der Waals surface area contributed by atoms with Gasteiger partial charge in [-0.3, -0.25) is 4.90 Å². The Kier molecular flexibility index (Phi) is 4.81. The van der Waals surface area contributed by atoms with Crippen LogP contribution in [0.5, 0.6) is 0 Å². The lowest BCUT2D eigenvalue weighted by atomic mass is 9.81. The van der Waals surface area contributed by atoms with Crippen molar-refractivity contribution in [3.63, 3.8) is 0 Å². The Bertz CT molecular complexity index is 847. The molecule has 1 spiro atoms. The van der Waals surface area contributed by atoms with Gasteiger partial charge in [-0.25, -0.2) is 0 Å². The number of hydrogen-bond acceptors (Lipinski definition) is 2. The predicted molar refractivity (Wildman–Crippen MR) is 128 cm³/mol. The molecule has 0 aromatic heterocycles. The summed E-state index contributed by atoms with van der Waals surface area (Å²) in [5.74, 6) is 0. The molecule has 0 amide bonds. The molecule has 3 aliphatic rings. The van der Waals surface area contributed by atoms with E-state index in [0.29, 0.717) is 17.0 Å². The number of rotatable bonds is 5. The molecule has 160 valence electrons. The van der Waals surface area contributed by atoms with Crippen LogP contribution >= 0.6 is 0 Å². The molecular formula is C27H37NOSi. The summed E-state index contributed by atoms with van der Waals surface area (Å²) in [5, 5.41) is 2.87. The van der Waals surface area contributed by atoms with Crippen molar-refractivity contribution in [3.05, 3.63) is 60.7 Å². The maximum absolute atomic E-state index is 7.44. The van der Waals surface area contributed by atoms with Crippen molar-refractivity contribution in [2.24, 2.45) is 5.41 Å². The summed E-state index contributed by atoms with van der Waals surface area (Å²) in [6.45, 7) is 8.10. The van der Waals surface area contributed by atoms with E-state index in [9.17, 15) is 0 Å². The van der Waals surface area contributed by atoms with Crippen molar-refractivity contribution < 1.29 is 4.43 Å². The fraction of sp³-hybridized carbons (Fsp3) is 0.556. The van der Waals surface area contributed by atoms with E-state index >= 15 is 0 Å². The van der Waals surface area contributed by atoms with Crippen LogP contribution in [0, 0.1) is 5.41 Å². The molecule has 30 heavy (non-hydrogen) atoms. The highest BCUT2D eigenvalue weighted by Crippen LogP contribution is 2.63. The maximum atomic E-state index is 7.44. The van der Waals surface area contributed by atoms with E-state index in [0.717, 1.165) is 6.61 Å². The second kappa shape index (κ2) is 7.05. The second-order valence-corrected chi connectivity index (χ2v) is 15.5. The van der Waals surface area contributed by atoms with Gasteiger partial charge in [0.15, 0.2) is 0 Å². The monoisotopic (exact) mass is 419 g/mol. The summed E-state index contributed by atoms with van der Waals surface area (Å²) in [6, 6.07) is 23.0. The van der Waals surface area contributed by atoms with Crippen molar-refractivity contribution in [1.82, 2.24) is 4.90 Å². The first-order valence-electron chi connectivity index (χ1n) is 11.8. The first-order chi connectivity index (χ1) is 14.3. The second-order valence-electron chi connectivity index (χ2n) is 11.2. The first-order valence-corrected chi connectivity index (χ1v) is 13.7. The minimum absolute atomic E-state index is 0.0578. The van der Waals surface area contributed by atoms with Gasteiger partial charge in [0.25, 0.3) is 8.32 Å². The van der Waals surface area contributed by atoms with Gasteiger partial charge in [-0.1, -0.05) is 87.9 Å². The van der Waals surface area contributed by atoms with Crippen LogP contribution in [-0.4, -0.2) is 38.5 Å². The molecule has 2 saturated carbocycles. The Morgan fingerprint density at radius 2 is 1.50 bits per heavy atom. The van der Waals surface area contributed by atoms with Gasteiger partial charge in [-0.15, -0.1) is 0 Å². The van der Waals surface area contributed by atoms with Crippen LogP contribution in [0.2, 0.25) is 5.04 Å². The van der Waals surface area contributed by atoms with Crippen LogP contribution in [0.25, 0.3) is 0 Å². The van der Waals surface area contributed by atoms with Crippen molar-refractivity contribution in [3.8, 4) is 0 Å². The highest BCUT2D eigenvalue weighted by Gasteiger charge is 2.65. The maximum Gasteiger partial charge on any atom is 0.261 e. The molecule has 3 fully saturated rings. The van der Waals surface area contributed by atoms with Gasteiger partial charge in [0.05, 0.1) is 0 Å². The highest BCUT2D eigenvalue weighted by molar-refractivity contribution is 6.99. The lowest BCUT2D eigenvalue weighted by Gasteiger charge is -2.45. The molecule has 0 radical (unpaired) electrons. The molecule has 2 nitrogen and oxygen atoms in total. The molecule has 2 aromatic rings. The third-order valence-corrected chi connectivity index (χ3v) is 13.6. The average molecular weight is 420 g/mol. The van der Waals surface area contributed by atoms with E-state index < -0.39 is 8.32 Å². The van der Waals surface area contributed by atoms with Gasteiger partial charge in [-0.2, -0.15) is 0 Å². The van der Waals surface area contributed by atoms with Crippen molar-refractivity contribution in [2.45, 2.75) is 75.9 Å². The van der Waals surface area contributed by atoms with Crippen LogP contribution in [0.3, 0.4) is 0 Å². The molecule has 2 aliphatic carbocycles. The third kappa shape index (κ3) is 2.96. The van der Waals surface area contributed by atoms with Gasteiger partial charge in [-0.05, 0) is 54.6 Å². The van der Waals surface area contributed by atoms with Gasteiger partial charge >= 0.3 is 0 Å². The van der Waals surface area contributed by atoms with Gasteiger partial charge < -0.3 is 4.43 Å². The molecule has 0 N–H and O–H groups in total. The van der Waals surface area contributed by atoms with Crippen LogP contribution in [0.15, 0.2) is 60.7 Å². The molecule has 5 rings (SSSR count). The molecule has 3 heteroatoms. The average Bonchev–Trinajstić information content (AvgIpc) is 3.34. The number of likely N-dealkylation sites (tertiary alicyclic amines) is 1. The standard InChI is InChI=1S/C27H37NOSi/c1-25(2,3)30(22-12-7-5-8-13-22,23-14-9-6-10-15-23)29-21-26-17-11-16-24(26)28(4)27(20-26)18-19-27/h5-10,12-15,24H,11,16-21H2,1-4H3. The summed E-state index contributed by atoms with van der Waals surface area (Å²) in [6.07, 6.45) is 8.17. The topological polar surface area (TPSA) is 12.5 Å². The Morgan fingerprint density at radius 1 is 0.933 bits per heavy atom. The molecule has 1 saturated heterocycles. The molecule has 2 atom stereocenters. The zero-order valence-corrected chi connectivity index (χ0v) is 20.2. The quantitative estimate of drug-likeness (QED) is 0.635. The summed E-state index contributed by atoms with van der Waals surface area (Å²) in [5.41, 5.74) is 0.845. The Morgan fingerprint density at radius 3 is 2.00 bits per heavy atom. The van der Waals surface area contributed by atoms with Crippen molar-refractivity contribution >= 4 is 18.7 Å². The Balaban J connectivity index is 1.56. The number of fused-ring (bicyclic) bond motifs is 1. The first kappa shape index (κ1) is 20.5. The van der Waals surface area contributed by atoms with E-state index in [1.165, 1.54) is 48.9 Å². The third-order valence-electron chi connectivity index (χ3n) is 8.58. The molecule has 0 bridgehead atoms. The minimum Gasteiger partial charge on any atom is -0.407 e. The van der Waals surface area contributed by atoms with Crippen LogP contribution in [-0.2, 0) is 4.43 Å². The number of nitrogens with zero attached hydrogens (tertiary/aromatic N) is 1. The lowest BCUT2D eigenvalue weighted by molar-refractivity contribution is 0.114. The van der Waals surface area contributed by atoms with Crippen LogP contribution < -0.4 is 10.4 Å². The number of hydrogen-bond donors (Lipinski definition) is 0. The Hall–Kier alpha value is -1.42. The zero-order valence-electron chi connectivity index (χ0n) is 19.2. The molecule has 1 heterocycles. The smallest absolute Gasteiger partial charge is 0.261 e. The molecule has 2 unspecified atom stereocenters. The van der Waals surface area contributed by atoms with E-state index in [-0.39, 0.29) is 5.04 Å². The van der Waals surface area contributed by atoms with E-state index in [4.69, 9.17) is 4.43 Å². The summed E-state index contributed by atoms with van der Waals surface area (Å²) in [4.78, 5) is 2.76. The summed E-state index contributed by atoms with van der Waals surface area (Å²) in [7, 11) is -0.0520. The summed E-state index contributed by atoms with van der Waals surface area (Å²) >= 11 is 0. The van der Waals surface area contributed by atoms with Crippen LogP contribution in [0.4, 0.5) is 0 Å². The zero-order chi connectivity index (χ0) is 21.0. The largest absolute Gasteiger partial charge is 0.407 e. The SMILES string of the molecule is CN1C2CCCC2(CO[Si](c2ccccc2)(c2ccccc2)C(C)(C)C)CC12CC2. The van der Waals surface area contributed by atoms with Crippen molar-refractivity contribution in [2.75, 3.05) is 13.7 Å². The van der Waals surface area contributed by atoms with Gasteiger partial charge in [0.1, 0.15) is 0 Å². The summed E-state index contributed by atoms with van der Waals surface area (Å²) < 4.78 is 7.44. The number of benzene rings is 2. The lowest BCUT2D eigenvalue weighted by Crippen LogP contribution is -2.67. The minimum atomic E-state index is -2.45.